The Morgan fingerprint density at radius 3 is 2.24 bits per heavy atom. The summed E-state index contributed by atoms with van der Waals surface area (Å²) in [7, 11) is 0. The van der Waals surface area contributed by atoms with E-state index < -0.39 is 6.10 Å². The number of hydrogen-bond donors (Lipinski definition) is 2. The molecule has 0 spiro atoms. The average Bonchev–Trinajstić information content (AvgIpc) is 2.60. The maximum Gasteiger partial charge on any atom is 0.263 e. The molecule has 1 aromatic carbocycles. The number of amides is 2. The third kappa shape index (κ3) is 4.95. The van der Waals surface area contributed by atoms with Crippen molar-refractivity contribution in [2.75, 3.05) is 13.1 Å². The molecule has 138 valence electrons. The summed E-state index contributed by atoms with van der Waals surface area (Å²) in [6.07, 6.45) is 0.698. The van der Waals surface area contributed by atoms with Gasteiger partial charge in [0, 0.05) is 19.0 Å². The first-order valence-electron chi connectivity index (χ1n) is 8.79. The van der Waals surface area contributed by atoms with Gasteiger partial charge in [0.25, 0.3) is 5.91 Å². The van der Waals surface area contributed by atoms with E-state index in [0.29, 0.717) is 31.7 Å². The SMILES string of the molecule is CC(Oc1ccc(C(C)(C)C)cc1)C(=O)N1CCC(C(=O)NN)CC1. The van der Waals surface area contributed by atoms with Crippen molar-refractivity contribution in [2.24, 2.45) is 11.8 Å². The topological polar surface area (TPSA) is 84.7 Å². The highest BCUT2D eigenvalue weighted by molar-refractivity contribution is 5.82. The minimum atomic E-state index is -0.555. The molecule has 6 nitrogen and oxygen atoms in total. The van der Waals surface area contributed by atoms with Gasteiger partial charge in [0.15, 0.2) is 6.10 Å². The molecule has 1 aromatic rings. The number of hydrogen-bond acceptors (Lipinski definition) is 4. The summed E-state index contributed by atoms with van der Waals surface area (Å²) in [5, 5.41) is 0. The molecule has 0 saturated carbocycles. The van der Waals surface area contributed by atoms with Crippen LogP contribution in [0.4, 0.5) is 0 Å². The van der Waals surface area contributed by atoms with E-state index in [1.807, 2.05) is 24.3 Å². The number of likely N-dealkylation sites (tertiary alicyclic amines) is 1. The second-order valence-corrected chi connectivity index (χ2v) is 7.64. The van der Waals surface area contributed by atoms with Gasteiger partial charge in [-0.3, -0.25) is 15.0 Å². The molecule has 2 amide bonds. The van der Waals surface area contributed by atoms with Crippen molar-refractivity contribution in [1.82, 2.24) is 10.3 Å². The summed E-state index contributed by atoms with van der Waals surface area (Å²) < 4.78 is 5.80. The lowest BCUT2D eigenvalue weighted by Gasteiger charge is -2.32. The zero-order chi connectivity index (χ0) is 18.6. The fraction of sp³-hybridized carbons (Fsp3) is 0.579. The van der Waals surface area contributed by atoms with E-state index in [0.717, 1.165) is 0 Å². The molecule has 0 aromatic heterocycles. The molecule has 1 atom stereocenters. The lowest BCUT2D eigenvalue weighted by Crippen LogP contribution is -2.47. The smallest absolute Gasteiger partial charge is 0.263 e. The van der Waals surface area contributed by atoms with Crippen LogP contribution in [0.3, 0.4) is 0 Å². The number of nitrogens with two attached hydrogens (primary N) is 1. The Bertz CT molecular complexity index is 599. The minimum absolute atomic E-state index is 0.0495. The van der Waals surface area contributed by atoms with Crippen molar-refractivity contribution in [3.63, 3.8) is 0 Å². The first kappa shape index (κ1) is 19.2. The molecular formula is C19H29N3O3. The van der Waals surface area contributed by atoms with Crippen molar-refractivity contribution in [3.8, 4) is 5.75 Å². The maximum absolute atomic E-state index is 12.6. The van der Waals surface area contributed by atoms with Crippen molar-refractivity contribution in [2.45, 2.75) is 52.1 Å². The number of carbonyl (C=O) groups is 2. The molecule has 3 N–H and O–H groups in total. The largest absolute Gasteiger partial charge is 0.481 e. The summed E-state index contributed by atoms with van der Waals surface area (Å²) >= 11 is 0. The number of ether oxygens (including phenoxy) is 1. The zero-order valence-electron chi connectivity index (χ0n) is 15.5. The van der Waals surface area contributed by atoms with E-state index in [4.69, 9.17) is 10.6 Å². The van der Waals surface area contributed by atoms with Crippen molar-refractivity contribution in [1.29, 1.82) is 0 Å². The van der Waals surface area contributed by atoms with Gasteiger partial charge in [0.1, 0.15) is 5.75 Å². The Morgan fingerprint density at radius 1 is 1.20 bits per heavy atom. The zero-order valence-corrected chi connectivity index (χ0v) is 15.5. The van der Waals surface area contributed by atoms with E-state index in [1.165, 1.54) is 5.56 Å². The standard InChI is InChI=1S/C19H29N3O3/c1-13(25-16-7-5-15(6-8-16)19(2,3)4)18(24)22-11-9-14(10-12-22)17(23)21-20/h5-8,13-14H,9-12,20H2,1-4H3,(H,21,23). The van der Waals surface area contributed by atoms with Gasteiger partial charge < -0.3 is 9.64 Å². The predicted octanol–water partition coefficient (Wildman–Crippen LogP) is 1.98. The summed E-state index contributed by atoms with van der Waals surface area (Å²) in [5.41, 5.74) is 3.49. The summed E-state index contributed by atoms with van der Waals surface area (Å²) in [4.78, 5) is 25.9. The number of piperidine rings is 1. The second kappa shape index (κ2) is 7.87. The quantitative estimate of drug-likeness (QED) is 0.495. The Labute approximate surface area is 149 Å². The molecule has 0 radical (unpaired) electrons. The Kier molecular flexibility index (Phi) is 6.06. The van der Waals surface area contributed by atoms with E-state index >= 15 is 0 Å². The highest BCUT2D eigenvalue weighted by atomic mass is 16.5. The van der Waals surface area contributed by atoms with Gasteiger partial charge in [-0.25, -0.2) is 5.84 Å². The minimum Gasteiger partial charge on any atom is -0.481 e. The van der Waals surface area contributed by atoms with Gasteiger partial charge in [-0.15, -0.1) is 0 Å². The average molecular weight is 347 g/mol. The van der Waals surface area contributed by atoms with Crippen molar-refractivity contribution in [3.05, 3.63) is 29.8 Å². The van der Waals surface area contributed by atoms with Crippen LogP contribution >= 0.6 is 0 Å². The van der Waals surface area contributed by atoms with Crippen molar-refractivity contribution >= 4 is 11.8 Å². The molecule has 0 bridgehead atoms. The van der Waals surface area contributed by atoms with Crippen LogP contribution in [-0.4, -0.2) is 35.9 Å². The first-order valence-corrected chi connectivity index (χ1v) is 8.79. The molecular weight excluding hydrogens is 318 g/mol. The van der Waals surface area contributed by atoms with Crippen LogP contribution in [0.5, 0.6) is 5.75 Å². The lowest BCUT2D eigenvalue weighted by atomic mass is 9.87. The van der Waals surface area contributed by atoms with Gasteiger partial charge >= 0.3 is 0 Å². The predicted molar refractivity (Wildman–Crippen MR) is 96.9 cm³/mol. The highest BCUT2D eigenvalue weighted by Crippen LogP contribution is 2.25. The Morgan fingerprint density at radius 2 is 1.76 bits per heavy atom. The Balaban J connectivity index is 1.89. The monoisotopic (exact) mass is 347 g/mol. The number of benzene rings is 1. The summed E-state index contributed by atoms with van der Waals surface area (Å²) in [6.45, 7) is 9.33. The summed E-state index contributed by atoms with van der Waals surface area (Å²) in [6, 6.07) is 7.87. The second-order valence-electron chi connectivity index (χ2n) is 7.64. The van der Waals surface area contributed by atoms with Crippen LogP contribution in [-0.2, 0) is 15.0 Å². The molecule has 0 aliphatic carbocycles. The molecule has 1 heterocycles. The van der Waals surface area contributed by atoms with E-state index in [9.17, 15) is 9.59 Å². The van der Waals surface area contributed by atoms with Gasteiger partial charge in [0.05, 0.1) is 0 Å². The third-order valence-electron chi connectivity index (χ3n) is 4.70. The van der Waals surface area contributed by atoms with Gasteiger partial charge in [-0.05, 0) is 42.9 Å². The number of nitrogens with one attached hydrogen (secondary N) is 1. The number of nitrogens with zero attached hydrogens (tertiary/aromatic N) is 1. The van der Waals surface area contributed by atoms with Crippen LogP contribution in [0.2, 0.25) is 0 Å². The van der Waals surface area contributed by atoms with E-state index in [2.05, 4.69) is 26.2 Å². The fourth-order valence-corrected chi connectivity index (χ4v) is 3.03. The molecule has 6 heteroatoms. The van der Waals surface area contributed by atoms with Gasteiger partial charge in [-0.2, -0.15) is 0 Å². The molecule has 1 unspecified atom stereocenters. The molecule has 1 aliphatic heterocycles. The summed E-state index contributed by atoms with van der Waals surface area (Å²) in [5.74, 6) is 5.53. The highest BCUT2D eigenvalue weighted by Gasteiger charge is 2.29. The number of rotatable bonds is 4. The molecule has 1 fully saturated rings. The lowest BCUT2D eigenvalue weighted by molar-refractivity contribution is -0.141. The molecule has 1 aliphatic rings. The molecule has 25 heavy (non-hydrogen) atoms. The number of hydrazine groups is 1. The van der Waals surface area contributed by atoms with Crippen LogP contribution < -0.4 is 16.0 Å². The maximum atomic E-state index is 12.6. The normalized spacial score (nSPS) is 17.1. The van der Waals surface area contributed by atoms with E-state index in [-0.39, 0.29) is 23.1 Å². The van der Waals surface area contributed by atoms with Gasteiger partial charge in [0.2, 0.25) is 5.91 Å². The van der Waals surface area contributed by atoms with Crippen molar-refractivity contribution < 1.29 is 14.3 Å². The van der Waals surface area contributed by atoms with E-state index in [1.54, 1.807) is 11.8 Å². The van der Waals surface area contributed by atoms with Crippen LogP contribution in [0.25, 0.3) is 0 Å². The van der Waals surface area contributed by atoms with Crippen LogP contribution in [0.1, 0.15) is 46.1 Å². The molecule has 2 rings (SSSR count). The molecule has 1 saturated heterocycles. The van der Waals surface area contributed by atoms with Crippen LogP contribution in [0, 0.1) is 5.92 Å². The third-order valence-corrected chi connectivity index (χ3v) is 4.70. The first-order chi connectivity index (χ1) is 11.7. The number of carbonyl (C=O) groups excluding carboxylic acids is 2. The Hall–Kier alpha value is -2.08. The fourth-order valence-electron chi connectivity index (χ4n) is 3.03. The van der Waals surface area contributed by atoms with Crippen LogP contribution in [0.15, 0.2) is 24.3 Å². The van der Waals surface area contributed by atoms with Gasteiger partial charge in [-0.1, -0.05) is 32.9 Å².